The molecule has 4 nitrogen and oxygen atoms in total. The van der Waals surface area contributed by atoms with Gasteiger partial charge in [-0.15, -0.1) is 0 Å². The minimum atomic E-state index is 0. The van der Waals surface area contributed by atoms with E-state index in [-0.39, 0.29) is 56.4 Å². The number of hydrogen-bond donors (Lipinski definition) is 0. The Balaban J connectivity index is -0.00000000114. The van der Waals surface area contributed by atoms with Gasteiger partial charge in [-0.3, -0.25) is 13.6 Å². The number of hydrogen-bond acceptors (Lipinski definition) is 4. The molecule has 0 aliphatic rings. The van der Waals surface area contributed by atoms with Gasteiger partial charge in [0.25, 0.3) is 0 Å². The average molecular weight is 212 g/mol. The molecule has 0 saturated heterocycles. The van der Waals surface area contributed by atoms with Crippen LogP contribution < -0.4 is 0 Å². The summed E-state index contributed by atoms with van der Waals surface area (Å²) in [4.78, 5) is 15.5. The molecule has 0 amide bonds. The second-order valence-electron chi connectivity index (χ2n) is 0. The van der Waals surface area contributed by atoms with Crippen molar-refractivity contribution in [3.8, 4) is 0 Å². The van der Waals surface area contributed by atoms with Crippen molar-refractivity contribution in [3.63, 3.8) is 0 Å². The molecule has 0 bridgehead atoms. The molecule has 0 aromatic rings. The second kappa shape index (κ2) is 2060. The summed E-state index contributed by atoms with van der Waals surface area (Å²) < 4.78 is 0. The van der Waals surface area contributed by atoms with Crippen molar-refractivity contribution in [2.45, 2.75) is 0 Å². The van der Waals surface area contributed by atoms with Crippen LogP contribution in [0.25, 0.3) is 12.3 Å². The fourth-order valence-corrected chi connectivity index (χ4v) is 0. The minimum absolute atomic E-state index is 0. The Morgan fingerprint density at radius 3 is 0.667 bits per heavy atom. The normalized spacial score (nSPS) is 0.889. The molecular weight excluding hydrogens is 204 g/mol. The zero-order valence-electron chi connectivity index (χ0n) is 4.37. The number of nitrogens with two attached hydrogens (primary N) is 2. The van der Waals surface area contributed by atoms with Gasteiger partial charge in [-0.25, -0.2) is 0 Å². The van der Waals surface area contributed by atoms with E-state index in [9.17, 15) is 0 Å². The third kappa shape index (κ3) is 1550. The van der Waals surface area contributed by atoms with Crippen LogP contribution in [0.15, 0.2) is 0 Å². The summed E-state index contributed by atoms with van der Waals surface area (Å²) in [5.74, 6) is 0. The van der Waals surface area contributed by atoms with Crippen LogP contribution in [0.1, 0.15) is 0 Å². The molecule has 0 aromatic heterocycles. The summed E-state index contributed by atoms with van der Waals surface area (Å²) in [6.45, 7) is 6.50. The third-order valence-corrected chi connectivity index (χ3v) is 0. The monoisotopic (exact) mass is 212 g/mol. The predicted octanol–water partition coefficient (Wildman–Crippen LogP) is 0.343. The van der Waals surface area contributed by atoms with Crippen molar-refractivity contribution in [2.75, 3.05) is 0 Å². The van der Waals surface area contributed by atoms with E-state index in [2.05, 4.69) is 13.6 Å². The van der Waals surface area contributed by atoms with E-state index in [1.165, 1.54) is 0 Å². The molecule has 4 N–H and O–H groups in total. The number of thiol groups is 2. The van der Waals surface area contributed by atoms with E-state index in [4.69, 9.17) is 9.59 Å². The van der Waals surface area contributed by atoms with Crippen LogP contribution in [-0.2, 0) is 53.6 Å². The van der Waals surface area contributed by atoms with Crippen LogP contribution in [0.2, 0.25) is 0 Å². The Labute approximate surface area is 79.7 Å². The first-order chi connectivity index (χ1) is 2.00. The molecule has 0 atom stereocenters. The first kappa shape index (κ1) is 111. The largest absolute Gasteiger partial charge is 6.00 e. The molecular formula is C2H8FeN2O2S2. The molecule has 0 fully saturated rings. The van der Waals surface area contributed by atoms with E-state index < -0.39 is 0 Å². The van der Waals surface area contributed by atoms with Crippen LogP contribution in [0.5, 0.6) is 0 Å². The van der Waals surface area contributed by atoms with Crippen LogP contribution in [0, 0.1) is 0 Å². The van der Waals surface area contributed by atoms with Gasteiger partial charge in [-0.05, 0) is 0 Å². The molecule has 0 aliphatic carbocycles. The van der Waals surface area contributed by atoms with Gasteiger partial charge in [0.1, 0.15) is 0 Å². The topological polar surface area (TPSA) is 101 Å². The average Bonchev–Trinajstić information content (AvgIpc) is 1.50. The fraction of sp³-hybridized carbons (Fsp3) is 0. The maximum atomic E-state index is 7.75. The Kier molecular flexibility index (Phi) is 25400. The fourth-order valence-electron chi connectivity index (χ4n) is 0. The Morgan fingerprint density at radius 1 is 0.667 bits per heavy atom. The van der Waals surface area contributed by atoms with Crippen LogP contribution in [0.3, 0.4) is 0 Å². The Morgan fingerprint density at radius 2 is 0.667 bits per heavy atom. The minimum Gasteiger partial charge on any atom is -0.813 e. The van der Waals surface area contributed by atoms with Gasteiger partial charge in [0.15, 0.2) is 0 Å². The molecule has 0 saturated carbocycles. The molecule has 58 valence electrons. The third-order valence-electron chi connectivity index (χ3n) is 0. The molecule has 0 spiro atoms. The zero-order valence-corrected chi connectivity index (χ0v) is 7.27. The van der Waals surface area contributed by atoms with E-state index >= 15 is 0 Å². The maximum Gasteiger partial charge on any atom is 6.00 e. The van der Waals surface area contributed by atoms with Crippen molar-refractivity contribution < 1.29 is 26.7 Å². The smallest absolute Gasteiger partial charge is 0.813 e. The van der Waals surface area contributed by atoms with Gasteiger partial charge in [-0.1, -0.05) is 0 Å². The molecule has 0 aliphatic heterocycles. The van der Waals surface area contributed by atoms with Gasteiger partial charge in [0.05, 0.1) is 0 Å². The molecule has 0 radical (unpaired) electrons. The van der Waals surface area contributed by atoms with Crippen LogP contribution in [0.4, 0.5) is 0 Å². The van der Waals surface area contributed by atoms with Crippen molar-refractivity contribution in [1.82, 2.24) is 0 Å². The summed E-state index contributed by atoms with van der Waals surface area (Å²) in [5.41, 5.74) is 0. The van der Waals surface area contributed by atoms with Crippen molar-refractivity contribution >= 4 is 40.6 Å². The first-order valence-electron chi connectivity index (χ1n) is 0.471. The molecule has 7 heteroatoms. The Bertz CT molecular complexity index is 22.5. The molecule has 0 heterocycles. The van der Waals surface area contributed by atoms with Gasteiger partial charge in [0.2, 0.25) is 0 Å². The zero-order chi connectivity index (χ0) is 4.00. The quantitative estimate of drug-likeness (QED) is 0.190. The SMILES string of the molecule is [CH-]=O.[CH-]=O.[Fe+6].[NH2-].[NH2-].[SH-].[SH-]. The van der Waals surface area contributed by atoms with Gasteiger partial charge in [0, 0.05) is 0 Å². The Hall–Kier alpha value is 0.479. The second-order valence-corrected chi connectivity index (χ2v) is 0. The van der Waals surface area contributed by atoms with Crippen LogP contribution >= 0.6 is 0 Å². The molecule has 9 heavy (non-hydrogen) atoms. The van der Waals surface area contributed by atoms with E-state index in [0.717, 1.165) is 0 Å². The van der Waals surface area contributed by atoms with Crippen molar-refractivity contribution in [1.29, 1.82) is 0 Å². The van der Waals surface area contributed by atoms with Gasteiger partial charge < -0.3 is 48.9 Å². The van der Waals surface area contributed by atoms with E-state index in [1.807, 2.05) is 0 Å². The maximum absolute atomic E-state index is 7.75. The van der Waals surface area contributed by atoms with Gasteiger partial charge in [-0.2, -0.15) is 0 Å². The summed E-state index contributed by atoms with van der Waals surface area (Å²) in [7, 11) is 0. The number of rotatable bonds is 0. The molecule has 0 aromatic carbocycles. The summed E-state index contributed by atoms with van der Waals surface area (Å²) in [6.07, 6.45) is 0. The van der Waals surface area contributed by atoms with Gasteiger partial charge >= 0.3 is 17.1 Å². The van der Waals surface area contributed by atoms with Crippen molar-refractivity contribution in [3.05, 3.63) is 12.3 Å². The first-order valence-corrected chi connectivity index (χ1v) is 0.471. The summed E-state index contributed by atoms with van der Waals surface area (Å²) in [6, 6.07) is 0. The summed E-state index contributed by atoms with van der Waals surface area (Å²) >= 11 is 0. The van der Waals surface area contributed by atoms with Crippen LogP contribution in [-0.4, -0.2) is 13.6 Å². The standard InChI is InChI=1S/2CHO.Fe.2H2N.2H2S/c2*1-2;;;;;/h2*1H;;4*1H2/q2*-1;+6;2*-1;;/p-2. The number of carbonyl (C=O) groups excluding carboxylic acids is 2. The molecule has 0 unspecified atom stereocenters. The predicted molar refractivity (Wildman–Crippen MR) is 41.6 cm³/mol. The van der Waals surface area contributed by atoms with Crippen molar-refractivity contribution in [2.24, 2.45) is 0 Å². The molecule has 0 rings (SSSR count). The van der Waals surface area contributed by atoms with E-state index in [0.29, 0.717) is 0 Å². The summed E-state index contributed by atoms with van der Waals surface area (Å²) in [5, 5.41) is 0. The van der Waals surface area contributed by atoms with E-state index in [1.54, 1.807) is 0 Å².